The van der Waals surface area contributed by atoms with Crippen molar-refractivity contribution in [3.8, 4) is 0 Å². The normalized spacial score (nSPS) is 13.5. The van der Waals surface area contributed by atoms with E-state index in [1.165, 1.54) is 0 Å². The van der Waals surface area contributed by atoms with Gasteiger partial charge in [-0.05, 0) is 17.4 Å². The van der Waals surface area contributed by atoms with E-state index in [-0.39, 0.29) is 30.2 Å². The van der Waals surface area contributed by atoms with Crippen LogP contribution in [0.5, 0.6) is 0 Å². The van der Waals surface area contributed by atoms with E-state index >= 15 is 0 Å². The summed E-state index contributed by atoms with van der Waals surface area (Å²) in [6.07, 6.45) is -0.341. The highest BCUT2D eigenvalue weighted by atomic mass is 35.7. The van der Waals surface area contributed by atoms with E-state index in [0.717, 1.165) is 5.56 Å². The van der Waals surface area contributed by atoms with Crippen molar-refractivity contribution in [2.45, 2.75) is 39.8 Å². The smallest absolute Gasteiger partial charge is 0.407 e. The van der Waals surface area contributed by atoms with Crippen LogP contribution in [0.25, 0.3) is 0 Å². The molecule has 0 aliphatic carbocycles. The van der Waals surface area contributed by atoms with Gasteiger partial charge in [0, 0.05) is 16.7 Å². The summed E-state index contributed by atoms with van der Waals surface area (Å²) in [6, 6.07) is 8.96. The summed E-state index contributed by atoms with van der Waals surface area (Å²) in [4.78, 5) is 11.9. The maximum Gasteiger partial charge on any atom is 0.407 e. The van der Waals surface area contributed by atoms with Gasteiger partial charge in [0.1, 0.15) is 6.61 Å². The fourth-order valence-electron chi connectivity index (χ4n) is 1.89. The van der Waals surface area contributed by atoms with Gasteiger partial charge in [-0.15, -0.1) is 0 Å². The lowest BCUT2D eigenvalue weighted by molar-refractivity contribution is 0.125. The standard InChI is InChI=1S/C15H22ClNO4S/c1-15(2,3)13(9-10-22(16,19)20)17-14(18)21-11-12-7-5-4-6-8-12/h4-8,13H,9-11H2,1-3H3,(H,17,18). The Morgan fingerprint density at radius 2 is 1.86 bits per heavy atom. The Hall–Kier alpha value is -1.27. The summed E-state index contributed by atoms with van der Waals surface area (Å²) in [6.45, 7) is 5.90. The number of carbonyl (C=O) groups is 1. The van der Waals surface area contributed by atoms with Crippen LogP contribution in [0.3, 0.4) is 0 Å². The van der Waals surface area contributed by atoms with Gasteiger partial charge < -0.3 is 10.1 Å². The second-order valence-corrected chi connectivity index (χ2v) is 9.05. The highest BCUT2D eigenvalue weighted by molar-refractivity contribution is 8.13. The Morgan fingerprint density at radius 1 is 1.27 bits per heavy atom. The number of amides is 1. The van der Waals surface area contributed by atoms with Crippen molar-refractivity contribution in [3.63, 3.8) is 0 Å². The highest BCUT2D eigenvalue weighted by Crippen LogP contribution is 2.23. The zero-order chi connectivity index (χ0) is 16.8. The summed E-state index contributed by atoms with van der Waals surface area (Å²) in [5.74, 6) is -0.199. The molecule has 1 unspecified atom stereocenters. The molecule has 1 aromatic rings. The van der Waals surface area contributed by atoms with Crippen LogP contribution in [0.2, 0.25) is 0 Å². The van der Waals surface area contributed by atoms with Crippen LogP contribution >= 0.6 is 10.7 Å². The van der Waals surface area contributed by atoms with E-state index < -0.39 is 15.1 Å². The quantitative estimate of drug-likeness (QED) is 0.801. The van der Waals surface area contributed by atoms with Crippen molar-refractivity contribution in [1.82, 2.24) is 5.32 Å². The largest absolute Gasteiger partial charge is 0.445 e. The lowest BCUT2D eigenvalue weighted by atomic mass is 9.85. The topological polar surface area (TPSA) is 72.5 Å². The van der Waals surface area contributed by atoms with Crippen LogP contribution in [0.4, 0.5) is 4.79 Å². The fraction of sp³-hybridized carbons (Fsp3) is 0.533. The molecule has 1 aromatic carbocycles. The molecule has 22 heavy (non-hydrogen) atoms. The van der Waals surface area contributed by atoms with Gasteiger partial charge in [0.05, 0.1) is 5.75 Å². The molecule has 124 valence electrons. The minimum atomic E-state index is -3.59. The van der Waals surface area contributed by atoms with Gasteiger partial charge in [-0.25, -0.2) is 13.2 Å². The number of alkyl carbamates (subject to hydrolysis) is 1. The Labute approximate surface area is 136 Å². The first kappa shape index (κ1) is 18.8. The average molecular weight is 348 g/mol. The number of ether oxygens (including phenoxy) is 1. The molecule has 0 aromatic heterocycles. The van der Waals surface area contributed by atoms with Gasteiger partial charge in [-0.2, -0.15) is 0 Å². The summed E-state index contributed by atoms with van der Waals surface area (Å²) >= 11 is 0. The second-order valence-electron chi connectivity index (χ2n) is 6.16. The first-order chi connectivity index (χ1) is 10.1. The van der Waals surface area contributed by atoms with Crippen LogP contribution < -0.4 is 5.32 Å². The van der Waals surface area contributed by atoms with Gasteiger partial charge in [0.2, 0.25) is 9.05 Å². The molecule has 0 aliphatic heterocycles. The number of nitrogens with one attached hydrogen (secondary N) is 1. The van der Waals surface area contributed by atoms with Crippen LogP contribution in [0.15, 0.2) is 30.3 Å². The van der Waals surface area contributed by atoms with Crippen LogP contribution in [-0.4, -0.2) is 26.3 Å². The number of carbonyl (C=O) groups excluding carboxylic acids is 1. The molecule has 0 bridgehead atoms. The molecule has 0 radical (unpaired) electrons. The first-order valence-corrected chi connectivity index (χ1v) is 9.45. The van der Waals surface area contributed by atoms with Gasteiger partial charge in [-0.1, -0.05) is 51.1 Å². The number of rotatable bonds is 6. The molecule has 1 amide bonds. The predicted octanol–water partition coefficient (Wildman–Crippen LogP) is 3.29. The zero-order valence-electron chi connectivity index (χ0n) is 13.0. The molecule has 0 spiro atoms. The van der Waals surface area contributed by atoms with Gasteiger partial charge in [0.25, 0.3) is 0 Å². The number of benzene rings is 1. The molecule has 0 saturated carbocycles. The Morgan fingerprint density at radius 3 is 2.36 bits per heavy atom. The maximum absolute atomic E-state index is 11.9. The fourth-order valence-corrected chi connectivity index (χ4v) is 2.67. The molecule has 0 heterocycles. The summed E-state index contributed by atoms with van der Waals surface area (Å²) in [7, 11) is 1.64. The molecule has 7 heteroatoms. The second kappa shape index (κ2) is 7.83. The Balaban J connectivity index is 2.56. The van der Waals surface area contributed by atoms with E-state index in [4.69, 9.17) is 15.4 Å². The lowest BCUT2D eigenvalue weighted by Crippen LogP contribution is -2.44. The SMILES string of the molecule is CC(C)(C)C(CCS(=O)(=O)Cl)NC(=O)OCc1ccccc1. The van der Waals surface area contributed by atoms with Crippen molar-refractivity contribution in [3.05, 3.63) is 35.9 Å². The van der Waals surface area contributed by atoms with E-state index in [0.29, 0.717) is 0 Å². The first-order valence-electron chi connectivity index (χ1n) is 6.97. The third kappa shape index (κ3) is 7.66. The van der Waals surface area contributed by atoms with Crippen molar-refractivity contribution in [1.29, 1.82) is 0 Å². The van der Waals surface area contributed by atoms with Crippen LogP contribution in [-0.2, 0) is 20.4 Å². The Bertz CT molecular complexity index is 581. The molecule has 1 rings (SSSR count). The van der Waals surface area contributed by atoms with Crippen molar-refractivity contribution in [2.24, 2.45) is 5.41 Å². The summed E-state index contributed by atoms with van der Waals surface area (Å²) < 4.78 is 27.3. The van der Waals surface area contributed by atoms with E-state index in [9.17, 15) is 13.2 Å². The molecule has 0 aliphatic rings. The highest BCUT2D eigenvalue weighted by Gasteiger charge is 2.28. The van der Waals surface area contributed by atoms with Crippen molar-refractivity contribution < 1.29 is 17.9 Å². The van der Waals surface area contributed by atoms with E-state index in [1.54, 1.807) is 0 Å². The molecule has 0 fully saturated rings. The molecule has 0 saturated heterocycles. The maximum atomic E-state index is 11.9. The molecule has 5 nitrogen and oxygen atoms in total. The minimum absolute atomic E-state index is 0.164. The molecular formula is C15H22ClNO4S. The lowest BCUT2D eigenvalue weighted by Gasteiger charge is -2.30. The number of hydrogen-bond donors (Lipinski definition) is 1. The van der Waals surface area contributed by atoms with E-state index in [2.05, 4.69) is 5.32 Å². The monoisotopic (exact) mass is 347 g/mol. The summed E-state index contributed by atoms with van der Waals surface area (Å²) in [5, 5.41) is 2.72. The van der Waals surface area contributed by atoms with Gasteiger partial charge in [-0.3, -0.25) is 0 Å². The minimum Gasteiger partial charge on any atom is -0.445 e. The van der Waals surface area contributed by atoms with Crippen LogP contribution in [0, 0.1) is 5.41 Å². The Kier molecular flexibility index (Phi) is 6.68. The average Bonchev–Trinajstić information content (AvgIpc) is 2.40. The van der Waals surface area contributed by atoms with Crippen LogP contribution in [0.1, 0.15) is 32.8 Å². The van der Waals surface area contributed by atoms with E-state index in [1.807, 2.05) is 51.1 Å². The summed E-state index contributed by atoms with van der Waals surface area (Å²) in [5.41, 5.74) is 0.571. The third-order valence-electron chi connectivity index (χ3n) is 3.20. The van der Waals surface area contributed by atoms with Crippen molar-refractivity contribution in [2.75, 3.05) is 5.75 Å². The zero-order valence-corrected chi connectivity index (χ0v) is 14.6. The van der Waals surface area contributed by atoms with Gasteiger partial charge in [0.15, 0.2) is 0 Å². The number of halogens is 1. The predicted molar refractivity (Wildman–Crippen MR) is 87.3 cm³/mol. The third-order valence-corrected chi connectivity index (χ3v) is 4.39. The molecule has 1 N–H and O–H groups in total. The number of hydrogen-bond acceptors (Lipinski definition) is 4. The van der Waals surface area contributed by atoms with Gasteiger partial charge >= 0.3 is 6.09 Å². The molecule has 1 atom stereocenters. The van der Waals surface area contributed by atoms with Crippen molar-refractivity contribution >= 4 is 25.8 Å². The molecular weight excluding hydrogens is 326 g/mol.